The molecule has 0 spiro atoms. The molecule has 0 bridgehead atoms. The van der Waals surface area contributed by atoms with Crippen molar-refractivity contribution in [2.45, 2.75) is 20.5 Å². The molecule has 2 aromatic rings. The fourth-order valence-electron chi connectivity index (χ4n) is 2.05. The quantitative estimate of drug-likeness (QED) is 0.663. The average molecular weight is 307 g/mol. The molecule has 0 saturated carbocycles. The maximum absolute atomic E-state index is 14.1. The largest absolute Gasteiger partial charge is 0.489 e. The van der Waals surface area contributed by atoms with Gasteiger partial charge in [0.25, 0.3) is 0 Å². The summed E-state index contributed by atoms with van der Waals surface area (Å²) in [5.41, 5.74) is 7.59. The number of rotatable bonds is 4. The van der Waals surface area contributed by atoms with Crippen molar-refractivity contribution < 1.29 is 9.13 Å². The number of nitrogen functional groups attached to an aromatic ring is 1. The van der Waals surface area contributed by atoms with Crippen LogP contribution >= 0.6 is 11.6 Å². The lowest BCUT2D eigenvalue weighted by Gasteiger charge is -2.11. The number of aryl methyl sites for hydroxylation is 2. The molecule has 21 heavy (non-hydrogen) atoms. The Morgan fingerprint density at radius 2 is 1.90 bits per heavy atom. The van der Waals surface area contributed by atoms with E-state index in [1.54, 1.807) is 12.1 Å². The third-order valence-corrected chi connectivity index (χ3v) is 3.77. The second kappa shape index (κ2) is 6.14. The molecule has 0 aliphatic carbocycles. The third-order valence-electron chi connectivity index (χ3n) is 3.17. The van der Waals surface area contributed by atoms with E-state index in [1.807, 2.05) is 26.0 Å². The van der Waals surface area contributed by atoms with Crippen molar-refractivity contribution in [1.29, 1.82) is 5.41 Å². The van der Waals surface area contributed by atoms with Crippen LogP contribution in [0.15, 0.2) is 30.3 Å². The molecule has 0 aliphatic rings. The van der Waals surface area contributed by atoms with Crippen LogP contribution in [0.25, 0.3) is 0 Å². The molecule has 0 heterocycles. The van der Waals surface area contributed by atoms with Gasteiger partial charge in [0.1, 0.15) is 24.0 Å². The van der Waals surface area contributed by atoms with Crippen molar-refractivity contribution in [1.82, 2.24) is 0 Å². The van der Waals surface area contributed by atoms with Crippen LogP contribution in [0, 0.1) is 25.1 Å². The first-order chi connectivity index (χ1) is 9.90. The van der Waals surface area contributed by atoms with E-state index in [0.29, 0.717) is 16.3 Å². The Kier molecular flexibility index (Phi) is 4.48. The minimum atomic E-state index is -0.521. The van der Waals surface area contributed by atoms with Crippen LogP contribution in [0.4, 0.5) is 4.39 Å². The zero-order valence-corrected chi connectivity index (χ0v) is 12.6. The summed E-state index contributed by atoms with van der Waals surface area (Å²) in [5.74, 6) is -0.193. The number of nitrogens with one attached hydrogen (secondary N) is 1. The topological polar surface area (TPSA) is 59.1 Å². The predicted molar refractivity (Wildman–Crippen MR) is 82.7 cm³/mol. The van der Waals surface area contributed by atoms with E-state index in [9.17, 15) is 4.39 Å². The molecule has 0 aromatic heterocycles. The van der Waals surface area contributed by atoms with Crippen LogP contribution < -0.4 is 10.5 Å². The van der Waals surface area contributed by atoms with Gasteiger partial charge in [-0.25, -0.2) is 4.39 Å². The fourth-order valence-corrected chi connectivity index (χ4v) is 2.16. The van der Waals surface area contributed by atoms with Gasteiger partial charge in [-0.05, 0) is 43.2 Å². The summed E-state index contributed by atoms with van der Waals surface area (Å²) in [4.78, 5) is 0. The number of ether oxygens (including phenoxy) is 1. The number of nitrogens with two attached hydrogens (primary N) is 1. The average Bonchev–Trinajstić information content (AvgIpc) is 2.43. The van der Waals surface area contributed by atoms with Gasteiger partial charge in [0.2, 0.25) is 0 Å². The molecule has 0 fully saturated rings. The molecule has 3 nitrogen and oxygen atoms in total. The Hall–Kier alpha value is -2.07. The van der Waals surface area contributed by atoms with E-state index in [2.05, 4.69) is 0 Å². The van der Waals surface area contributed by atoms with Crippen LogP contribution in [0.2, 0.25) is 5.02 Å². The Bertz CT molecular complexity index is 678. The first kappa shape index (κ1) is 15.3. The first-order valence-electron chi connectivity index (χ1n) is 6.41. The van der Waals surface area contributed by atoms with Gasteiger partial charge in [0.15, 0.2) is 0 Å². The predicted octanol–water partition coefficient (Wildman–Crippen LogP) is 3.96. The smallest absolute Gasteiger partial charge is 0.140 e. The molecule has 0 unspecified atom stereocenters. The standard InChI is InChI=1S/C16H16ClFN2O/c1-9-6-12(7-10(2)14(9)17)21-8-11-4-3-5-13(15(11)18)16(19)20/h3-7H,8H2,1-2H3,(H3,19,20). The van der Waals surface area contributed by atoms with Gasteiger partial charge in [0.05, 0.1) is 5.56 Å². The summed E-state index contributed by atoms with van der Waals surface area (Å²) in [6.45, 7) is 3.84. The highest BCUT2D eigenvalue weighted by atomic mass is 35.5. The van der Waals surface area contributed by atoms with Crippen molar-refractivity contribution in [3.63, 3.8) is 0 Å². The van der Waals surface area contributed by atoms with Gasteiger partial charge in [-0.15, -0.1) is 0 Å². The second-order valence-corrected chi connectivity index (χ2v) is 5.23. The molecule has 0 aliphatic heterocycles. The lowest BCUT2D eigenvalue weighted by molar-refractivity contribution is 0.299. The van der Waals surface area contributed by atoms with Crippen molar-refractivity contribution in [3.05, 3.63) is 63.4 Å². The number of benzene rings is 2. The Balaban J connectivity index is 2.21. The fraction of sp³-hybridized carbons (Fsp3) is 0.188. The number of halogens is 2. The second-order valence-electron chi connectivity index (χ2n) is 4.85. The molecular formula is C16H16ClFN2O. The van der Waals surface area contributed by atoms with E-state index in [4.69, 9.17) is 27.5 Å². The summed E-state index contributed by atoms with van der Waals surface area (Å²) in [7, 11) is 0. The monoisotopic (exact) mass is 306 g/mol. The van der Waals surface area contributed by atoms with Crippen LogP contribution in [0.1, 0.15) is 22.3 Å². The number of hydrogen-bond donors (Lipinski definition) is 2. The SMILES string of the molecule is Cc1cc(OCc2cccc(C(=N)N)c2F)cc(C)c1Cl. The summed E-state index contributed by atoms with van der Waals surface area (Å²) in [6, 6.07) is 8.34. The minimum absolute atomic E-state index is 0.0630. The van der Waals surface area contributed by atoms with Crippen molar-refractivity contribution in [2.75, 3.05) is 0 Å². The van der Waals surface area contributed by atoms with E-state index in [1.165, 1.54) is 6.07 Å². The van der Waals surface area contributed by atoms with Gasteiger partial charge >= 0.3 is 0 Å². The molecular weight excluding hydrogens is 291 g/mol. The molecule has 0 saturated heterocycles. The van der Waals surface area contributed by atoms with E-state index >= 15 is 0 Å². The lowest BCUT2D eigenvalue weighted by Crippen LogP contribution is -2.14. The number of amidine groups is 1. The summed E-state index contributed by atoms with van der Waals surface area (Å²) in [6.07, 6.45) is 0. The highest BCUT2D eigenvalue weighted by Crippen LogP contribution is 2.26. The molecule has 2 aromatic carbocycles. The molecule has 0 radical (unpaired) electrons. The summed E-state index contributed by atoms with van der Waals surface area (Å²) in [5, 5.41) is 8.03. The van der Waals surface area contributed by atoms with Crippen LogP contribution in [-0.2, 0) is 6.61 Å². The van der Waals surface area contributed by atoms with Gasteiger partial charge < -0.3 is 10.5 Å². The van der Waals surface area contributed by atoms with Gasteiger partial charge in [0, 0.05) is 10.6 Å². The summed E-state index contributed by atoms with van der Waals surface area (Å²) < 4.78 is 19.7. The normalized spacial score (nSPS) is 10.5. The molecule has 0 atom stereocenters. The van der Waals surface area contributed by atoms with Crippen molar-refractivity contribution >= 4 is 17.4 Å². The Morgan fingerprint density at radius 3 is 2.48 bits per heavy atom. The van der Waals surface area contributed by atoms with Crippen molar-refractivity contribution in [2.24, 2.45) is 5.73 Å². The summed E-state index contributed by atoms with van der Waals surface area (Å²) >= 11 is 6.09. The van der Waals surface area contributed by atoms with Gasteiger partial charge in [-0.1, -0.05) is 23.7 Å². The Morgan fingerprint density at radius 1 is 1.29 bits per heavy atom. The maximum Gasteiger partial charge on any atom is 0.140 e. The molecule has 0 amide bonds. The van der Waals surface area contributed by atoms with E-state index in [0.717, 1.165) is 11.1 Å². The van der Waals surface area contributed by atoms with Crippen molar-refractivity contribution in [3.8, 4) is 5.75 Å². The first-order valence-corrected chi connectivity index (χ1v) is 6.79. The zero-order chi connectivity index (χ0) is 15.6. The molecule has 5 heteroatoms. The lowest BCUT2D eigenvalue weighted by atomic mass is 10.1. The van der Waals surface area contributed by atoms with Gasteiger partial charge in [-0.3, -0.25) is 5.41 Å². The van der Waals surface area contributed by atoms with Gasteiger partial charge in [-0.2, -0.15) is 0 Å². The van der Waals surface area contributed by atoms with E-state index < -0.39 is 5.82 Å². The number of hydrogen-bond acceptors (Lipinski definition) is 2. The Labute approximate surface area is 128 Å². The van der Waals surface area contributed by atoms with E-state index in [-0.39, 0.29) is 18.0 Å². The molecule has 110 valence electrons. The maximum atomic E-state index is 14.1. The zero-order valence-electron chi connectivity index (χ0n) is 11.8. The highest BCUT2D eigenvalue weighted by Gasteiger charge is 2.11. The highest BCUT2D eigenvalue weighted by molar-refractivity contribution is 6.32. The molecule has 3 N–H and O–H groups in total. The molecule has 2 rings (SSSR count). The third kappa shape index (κ3) is 3.34. The van der Waals surface area contributed by atoms with Crippen LogP contribution in [0.5, 0.6) is 5.75 Å². The van der Waals surface area contributed by atoms with Crippen LogP contribution in [-0.4, -0.2) is 5.84 Å². The van der Waals surface area contributed by atoms with Crippen LogP contribution in [0.3, 0.4) is 0 Å². The minimum Gasteiger partial charge on any atom is -0.489 e.